The summed E-state index contributed by atoms with van der Waals surface area (Å²) < 4.78 is 38.2. The third kappa shape index (κ3) is 4.92. The smallest absolute Gasteiger partial charge is 0.361 e. The number of amides is 2. The van der Waals surface area contributed by atoms with Gasteiger partial charge in [-0.15, -0.1) is 0 Å². The zero-order valence-electron chi connectivity index (χ0n) is 16.8. The number of carbonyl (C=O) groups is 2. The van der Waals surface area contributed by atoms with Gasteiger partial charge < -0.3 is 14.8 Å². The summed E-state index contributed by atoms with van der Waals surface area (Å²) in [6.45, 7) is 4.53. The number of carbonyl (C=O) groups excluding carboxylic acids is 2. The molecular formula is C21H26F3N3O2. The third-order valence-electron chi connectivity index (χ3n) is 5.24. The number of H-pyrrole nitrogens is 1. The molecule has 2 amide bonds. The highest BCUT2D eigenvalue weighted by Gasteiger charge is 2.42. The van der Waals surface area contributed by atoms with Crippen LogP contribution in [0.5, 0.6) is 0 Å². The quantitative estimate of drug-likeness (QED) is 0.771. The average Bonchev–Trinajstić information content (AvgIpc) is 3.19. The Hall–Kier alpha value is -2.51. The molecule has 5 nitrogen and oxygen atoms in total. The van der Waals surface area contributed by atoms with Gasteiger partial charge in [0.1, 0.15) is 6.54 Å². The van der Waals surface area contributed by atoms with Crippen molar-refractivity contribution in [2.24, 2.45) is 11.8 Å². The highest BCUT2D eigenvalue weighted by atomic mass is 19.4. The Morgan fingerprint density at radius 2 is 2.00 bits per heavy atom. The van der Waals surface area contributed by atoms with Gasteiger partial charge in [0.2, 0.25) is 11.8 Å². The van der Waals surface area contributed by atoms with Crippen LogP contribution < -0.4 is 4.90 Å². The molecule has 1 aliphatic heterocycles. The number of aromatic nitrogens is 1. The molecule has 1 saturated heterocycles. The van der Waals surface area contributed by atoms with Crippen LogP contribution in [0.15, 0.2) is 30.5 Å². The minimum atomic E-state index is -4.47. The van der Waals surface area contributed by atoms with Gasteiger partial charge in [0.25, 0.3) is 0 Å². The van der Waals surface area contributed by atoms with E-state index in [0.717, 1.165) is 22.2 Å². The lowest BCUT2D eigenvalue weighted by atomic mass is 9.99. The van der Waals surface area contributed by atoms with Crippen molar-refractivity contribution in [2.75, 3.05) is 18.0 Å². The second kappa shape index (κ2) is 8.08. The van der Waals surface area contributed by atoms with Crippen molar-refractivity contribution >= 4 is 28.4 Å². The SMILES string of the molecule is CC(C)CC(C)N(C(=O)C1CC(=O)N(CC(F)(F)F)C1)c1ccc2[nH]ccc2c1. The predicted molar refractivity (Wildman–Crippen MR) is 105 cm³/mol. The summed E-state index contributed by atoms with van der Waals surface area (Å²) in [7, 11) is 0. The van der Waals surface area contributed by atoms with E-state index in [2.05, 4.69) is 18.8 Å². The van der Waals surface area contributed by atoms with Crippen molar-refractivity contribution < 1.29 is 22.8 Å². The third-order valence-corrected chi connectivity index (χ3v) is 5.24. The first-order valence-corrected chi connectivity index (χ1v) is 9.80. The van der Waals surface area contributed by atoms with Crippen LogP contribution in [0.3, 0.4) is 0 Å². The van der Waals surface area contributed by atoms with Crippen LogP contribution in [-0.4, -0.2) is 47.0 Å². The van der Waals surface area contributed by atoms with E-state index < -0.39 is 24.5 Å². The Balaban J connectivity index is 1.87. The van der Waals surface area contributed by atoms with E-state index in [1.807, 2.05) is 37.4 Å². The zero-order valence-corrected chi connectivity index (χ0v) is 16.8. The molecule has 2 unspecified atom stereocenters. The Labute approximate surface area is 167 Å². The number of likely N-dealkylation sites (tertiary alicyclic amines) is 1. The number of nitrogens with one attached hydrogen (secondary N) is 1. The molecule has 0 aliphatic carbocycles. The summed E-state index contributed by atoms with van der Waals surface area (Å²) in [6, 6.07) is 7.36. The van der Waals surface area contributed by atoms with Gasteiger partial charge >= 0.3 is 6.18 Å². The fourth-order valence-electron chi connectivity index (χ4n) is 4.08. The van der Waals surface area contributed by atoms with Crippen molar-refractivity contribution in [1.29, 1.82) is 0 Å². The molecule has 1 aliphatic rings. The van der Waals surface area contributed by atoms with E-state index in [-0.39, 0.29) is 24.9 Å². The van der Waals surface area contributed by atoms with Crippen molar-refractivity contribution in [1.82, 2.24) is 9.88 Å². The molecule has 0 saturated carbocycles. The second-order valence-corrected chi connectivity index (χ2v) is 8.23. The molecule has 1 aromatic heterocycles. The molecule has 2 heterocycles. The second-order valence-electron chi connectivity index (χ2n) is 8.23. The average molecular weight is 409 g/mol. The van der Waals surface area contributed by atoms with Crippen LogP contribution in [0.1, 0.15) is 33.6 Å². The Bertz CT molecular complexity index is 891. The van der Waals surface area contributed by atoms with Crippen LogP contribution >= 0.6 is 0 Å². The molecule has 2 atom stereocenters. The number of rotatable bonds is 6. The van der Waals surface area contributed by atoms with E-state index >= 15 is 0 Å². The number of anilines is 1. The van der Waals surface area contributed by atoms with E-state index in [1.54, 1.807) is 4.90 Å². The molecule has 1 aromatic carbocycles. The van der Waals surface area contributed by atoms with Gasteiger partial charge in [0, 0.05) is 41.8 Å². The Morgan fingerprint density at radius 1 is 1.28 bits per heavy atom. The lowest BCUT2D eigenvalue weighted by Crippen LogP contribution is -2.44. The first-order valence-electron chi connectivity index (χ1n) is 9.80. The minimum absolute atomic E-state index is 0.148. The largest absolute Gasteiger partial charge is 0.406 e. The molecule has 158 valence electrons. The number of halogens is 3. The molecule has 0 spiro atoms. The molecule has 0 radical (unpaired) electrons. The monoisotopic (exact) mass is 409 g/mol. The maximum atomic E-state index is 13.4. The number of nitrogens with zero attached hydrogens (tertiary/aromatic N) is 2. The van der Waals surface area contributed by atoms with E-state index in [4.69, 9.17) is 0 Å². The number of hydrogen-bond acceptors (Lipinski definition) is 2. The summed E-state index contributed by atoms with van der Waals surface area (Å²) >= 11 is 0. The van der Waals surface area contributed by atoms with Gasteiger partial charge in [0.15, 0.2) is 0 Å². The predicted octanol–water partition coefficient (Wildman–Crippen LogP) is 4.35. The highest BCUT2D eigenvalue weighted by molar-refractivity contribution is 6.00. The molecule has 2 aromatic rings. The van der Waals surface area contributed by atoms with Gasteiger partial charge in [-0.2, -0.15) is 13.2 Å². The van der Waals surface area contributed by atoms with Crippen LogP contribution in [0.4, 0.5) is 18.9 Å². The van der Waals surface area contributed by atoms with E-state index in [9.17, 15) is 22.8 Å². The summed E-state index contributed by atoms with van der Waals surface area (Å²) in [5.74, 6) is -1.37. The first kappa shape index (κ1) is 21.2. The van der Waals surface area contributed by atoms with Crippen LogP contribution in [0.25, 0.3) is 10.9 Å². The highest BCUT2D eigenvalue weighted by Crippen LogP contribution is 2.30. The fraction of sp³-hybridized carbons (Fsp3) is 0.524. The van der Waals surface area contributed by atoms with Gasteiger partial charge in [-0.25, -0.2) is 0 Å². The molecule has 0 bridgehead atoms. The molecule has 1 fully saturated rings. The number of hydrogen-bond donors (Lipinski definition) is 1. The van der Waals surface area contributed by atoms with Gasteiger partial charge in [-0.1, -0.05) is 13.8 Å². The van der Waals surface area contributed by atoms with Crippen molar-refractivity contribution in [3.8, 4) is 0 Å². The first-order chi connectivity index (χ1) is 13.5. The van der Waals surface area contributed by atoms with E-state index in [1.165, 1.54) is 0 Å². The normalized spacial score (nSPS) is 18.7. The standard InChI is InChI=1S/C21H26F3N3O2/c1-13(2)8-14(3)27(17-4-5-18-15(9-17)6-7-25-18)20(29)16-10-19(28)26(11-16)12-21(22,23)24/h4-7,9,13-14,16,25H,8,10-12H2,1-3H3. The molecule has 29 heavy (non-hydrogen) atoms. The Morgan fingerprint density at radius 3 is 2.66 bits per heavy atom. The number of fused-ring (bicyclic) bond motifs is 1. The summed E-state index contributed by atoms with van der Waals surface area (Å²) in [5.41, 5.74) is 1.63. The number of aromatic amines is 1. The molecule has 1 N–H and O–H groups in total. The van der Waals surface area contributed by atoms with Gasteiger partial charge in [0.05, 0.1) is 5.92 Å². The van der Waals surface area contributed by atoms with Crippen molar-refractivity contribution in [3.63, 3.8) is 0 Å². The van der Waals surface area contributed by atoms with Crippen LogP contribution in [0, 0.1) is 11.8 Å². The number of alkyl halides is 3. The summed E-state index contributed by atoms with van der Waals surface area (Å²) in [4.78, 5) is 30.9. The topological polar surface area (TPSA) is 56.4 Å². The maximum absolute atomic E-state index is 13.4. The molecular weight excluding hydrogens is 383 g/mol. The molecule has 3 rings (SSSR count). The number of benzene rings is 1. The van der Waals surface area contributed by atoms with Crippen molar-refractivity contribution in [2.45, 2.75) is 45.8 Å². The summed E-state index contributed by atoms with van der Waals surface area (Å²) in [5, 5.41) is 0.943. The lowest BCUT2D eigenvalue weighted by Gasteiger charge is -2.32. The van der Waals surface area contributed by atoms with E-state index in [0.29, 0.717) is 11.6 Å². The summed E-state index contributed by atoms with van der Waals surface area (Å²) in [6.07, 6.45) is -2.11. The Kier molecular flexibility index (Phi) is 5.91. The zero-order chi connectivity index (χ0) is 21.3. The molecule has 8 heteroatoms. The van der Waals surface area contributed by atoms with Crippen LogP contribution in [-0.2, 0) is 9.59 Å². The van der Waals surface area contributed by atoms with Gasteiger partial charge in [-0.3, -0.25) is 9.59 Å². The lowest BCUT2D eigenvalue weighted by molar-refractivity contribution is -0.157. The van der Waals surface area contributed by atoms with Gasteiger partial charge in [-0.05, 0) is 43.5 Å². The maximum Gasteiger partial charge on any atom is 0.406 e. The van der Waals surface area contributed by atoms with Crippen LogP contribution in [0.2, 0.25) is 0 Å². The minimum Gasteiger partial charge on any atom is -0.361 e. The van der Waals surface area contributed by atoms with Crippen molar-refractivity contribution in [3.05, 3.63) is 30.5 Å². The fourth-order valence-corrected chi connectivity index (χ4v) is 4.08.